The highest BCUT2D eigenvalue weighted by Crippen LogP contribution is 2.48. The number of rotatable bonds is 3. The van der Waals surface area contributed by atoms with Crippen LogP contribution in [0.3, 0.4) is 0 Å². The Morgan fingerprint density at radius 1 is 1.19 bits per heavy atom. The van der Waals surface area contributed by atoms with E-state index in [0.717, 1.165) is 25.3 Å². The topological polar surface area (TPSA) is 60.2 Å². The largest absolute Gasteiger partial charge is 0.353 e. The van der Waals surface area contributed by atoms with E-state index in [4.69, 9.17) is 5.26 Å². The molecule has 1 saturated heterocycles. The number of hydrogen-bond donors (Lipinski definition) is 0. The number of anilines is 1. The van der Waals surface area contributed by atoms with Gasteiger partial charge < -0.3 is 9.80 Å². The lowest BCUT2D eigenvalue weighted by molar-refractivity contribution is -0.133. The van der Waals surface area contributed by atoms with Crippen molar-refractivity contribution >= 4 is 11.7 Å². The Labute approximate surface area is 153 Å². The summed E-state index contributed by atoms with van der Waals surface area (Å²) in [5.74, 6) is 1.63. The summed E-state index contributed by atoms with van der Waals surface area (Å²) in [6, 6.07) is 14.2. The van der Waals surface area contributed by atoms with E-state index in [1.807, 2.05) is 11.0 Å². The van der Waals surface area contributed by atoms with E-state index in [0.29, 0.717) is 24.6 Å². The third-order valence-corrected chi connectivity index (χ3v) is 5.37. The highest BCUT2D eigenvalue weighted by Gasteiger charge is 2.46. The summed E-state index contributed by atoms with van der Waals surface area (Å²) in [6.07, 6.45) is 2.64. The van der Waals surface area contributed by atoms with Crippen molar-refractivity contribution in [1.82, 2.24) is 9.88 Å². The van der Waals surface area contributed by atoms with Gasteiger partial charge in [0, 0.05) is 38.3 Å². The number of carbonyl (C=O) groups is 1. The van der Waals surface area contributed by atoms with Gasteiger partial charge in [-0.15, -0.1) is 0 Å². The quantitative estimate of drug-likeness (QED) is 0.857. The Morgan fingerprint density at radius 2 is 2.00 bits per heavy atom. The lowest BCUT2D eigenvalue weighted by Crippen LogP contribution is -2.49. The predicted molar refractivity (Wildman–Crippen MR) is 99.8 cm³/mol. The van der Waals surface area contributed by atoms with Gasteiger partial charge >= 0.3 is 0 Å². The first-order chi connectivity index (χ1) is 12.7. The molecule has 4 rings (SSSR count). The lowest BCUT2D eigenvalue weighted by atomic mass is 10.1. The zero-order valence-electron chi connectivity index (χ0n) is 14.9. The second kappa shape index (κ2) is 6.80. The minimum Gasteiger partial charge on any atom is -0.353 e. The zero-order valence-corrected chi connectivity index (χ0v) is 14.9. The molecule has 2 fully saturated rings. The lowest BCUT2D eigenvalue weighted by Gasteiger charge is -2.35. The molecular formula is C21H22N4O. The van der Waals surface area contributed by atoms with Gasteiger partial charge in [0.25, 0.3) is 0 Å². The number of benzene rings is 1. The second-order valence-electron chi connectivity index (χ2n) is 7.19. The first-order valence-corrected chi connectivity index (χ1v) is 9.12. The van der Waals surface area contributed by atoms with Crippen molar-refractivity contribution in [3.05, 3.63) is 59.3 Å². The summed E-state index contributed by atoms with van der Waals surface area (Å²) < 4.78 is 0. The maximum Gasteiger partial charge on any atom is 0.226 e. The van der Waals surface area contributed by atoms with Gasteiger partial charge in [0.2, 0.25) is 5.91 Å². The van der Waals surface area contributed by atoms with Gasteiger partial charge in [0.05, 0.1) is 11.6 Å². The van der Waals surface area contributed by atoms with E-state index < -0.39 is 0 Å². The number of pyridine rings is 1. The molecule has 5 nitrogen and oxygen atoms in total. The number of amides is 1. The molecule has 1 aromatic carbocycles. The summed E-state index contributed by atoms with van der Waals surface area (Å²) >= 11 is 0. The average molecular weight is 346 g/mol. The van der Waals surface area contributed by atoms with Crippen molar-refractivity contribution in [2.45, 2.75) is 19.3 Å². The predicted octanol–water partition coefficient (Wildman–Crippen LogP) is 2.71. The highest BCUT2D eigenvalue weighted by atomic mass is 16.2. The molecule has 2 heterocycles. The Kier molecular flexibility index (Phi) is 4.34. The smallest absolute Gasteiger partial charge is 0.226 e. The van der Waals surface area contributed by atoms with Crippen LogP contribution in [0.15, 0.2) is 42.6 Å². The summed E-state index contributed by atoms with van der Waals surface area (Å²) in [5.41, 5.74) is 3.16. The molecule has 1 aromatic heterocycles. The van der Waals surface area contributed by atoms with Crippen molar-refractivity contribution in [1.29, 1.82) is 5.26 Å². The third kappa shape index (κ3) is 3.28. The second-order valence-corrected chi connectivity index (χ2v) is 7.19. The van der Waals surface area contributed by atoms with E-state index in [1.165, 1.54) is 11.1 Å². The van der Waals surface area contributed by atoms with Gasteiger partial charge in [-0.25, -0.2) is 4.98 Å². The molecule has 2 aromatic rings. The molecule has 1 saturated carbocycles. The van der Waals surface area contributed by atoms with Crippen LogP contribution in [0, 0.1) is 24.2 Å². The summed E-state index contributed by atoms with van der Waals surface area (Å²) in [6.45, 7) is 5.05. The third-order valence-electron chi connectivity index (χ3n) is 5.37. The fraction of sp³-hybridized carbons (Fsp3) is 0.381. The molecule has 0 spiro atoms. The summed E-state index contributed by atoms with van der Waals surface area (Å²) in [5, 5.41) is 9.03. The van der Waals surface area contributed by atoms with E-state index in [2.05, 4.69) is 47.1 Å². The van der Waals surface area contributed by atoms with E-state index >= 15 is 0 Å². The van der Waals surface area contributed by atoms with Crippen molar-refractivity contribution in [2.75, 3.05) is 31.1 Å². The summed E-state index contributed by atoms with van der Waals surface area (Å²) in [7, 11) is 0. The average Bonchev–Trinajstić information content (AvgIpc) is 3.48. The van der Waals surface area contributed by atoms with Crippen LogP contribution in [0.4, 0.5) is 5.82 Å². The van der Waals surface area contributed by atoms with Gasteiger partial charge in [0.15, 0.2) is 0 Å². The van der Waals surface area contributed by atoms with Crippen LogP contribution in [-0.4, -0.2) is 42.0 Å². The van der Waals surface area contributed by atoms with E-state index in [-0.39, 0.29) is 11.8 Å². The van der Waals surface area contributed by atoms with Gasteiger partial charge in [-0.3, -0.25) is 4.79 Å². The monoisotopic (exact) mass is 346 g/mol. The SMILES string of the molecule is Cc1cccc([C@@H]2C[C@@H]2C(=O)N2CCN(c3cc(C#N)ccn3)CC2)c1. The van der Waals surface area contributed by atoms with Crippen LogP contribution in [0.25, 0.3) is 0 Å². The van der Waals surface area contributed by atoms with Crippen LogP contribution >= 0.6 is 0 Å². The zero-order chi connectivity index (χ0) is 18.1. The number of nitriles is 1. The number of aromatic nitrogens is 1. The van der Waals surface area contributed by atoms with Gasteiger partial charge in [0.1, 0.15) is 5.82 Å². The maximum atomic E-state index is 12.8. The van der Waals surface area contributed by atoms with Crippen LogP contribution in [0.1, 0.15) is 29.0 Å². The molecule has 0 unspecified atom stereocenters. The first-order valence-electron chi connectivity index (χ1n) is 9.12. The molecule has 0 bridgehead atoms. The molecule has 1 aliphatic heterocycles. The van der Waals surface area contributed by atoms with Crippen LogP contribution in [-0.2, 0) is 4.79 Å². The van der Waals surface area contributed by atoms with Crippen molar-refractivity contribution in [2.24, 2.45) is 5.92 Å². The molecule has 26 heavy (non-hydrogen) atoms. The number of hydrogen-bond acceptors (Lipinski definition) is 4. The molecule has 5 heteroatoms. The molecule has 132 valence electrons. The molecule has 2 atom stereocenters. The Bertz CT molecular complexity index is 864. The molecule has 2 aliphatic rings. The van der Waals surface area contributed by atoms with Gasteiger partial charge in [-0.05, 0) is 37.0 Å². The van der Waals surface area contributed by atoms with E-state index in [9.17, 15) is 4.79 Å². The highest BCUT2D eigenvalue weighted by molar-refractivity contribution is 5.83. The first kappa shape index (κ1) is 16.6. The molecule has 1 aliphatic carbocycles. The Morgan fingerprint density at radius 3 is 2.73 bits per heavy atom. The van der Waals surface area contributed by atoms with Crippen LogP contribution < -0.4 is 4.90 Å². The van der Waals surface area contributed by atoms with Gasteiger partial charge in [-0.1, -0.05) is 29.8 Å². The van der Waals surface area contributed by atoms with Crippen molar-refractivity contribution in [3.8, 4) is 6.07 Å². The summed E-state index contributed by atoms with van der Waals surface area (Å²) in [4.78, 5) is 21.3. The number of piperazine rings is 1. The minimum absolute atomic E-state index is 0.142. The number of carbonyl (C=O) groups excluding carboxylic acids is 1. The standard InChI is InChI=1S/C21H22N4O/c1-15-3-2-4-17(11-15)18-13-19(18)21(26)25-9-7-24(8-10-25)20-12-16(14-22)5-6-23-20/h2-6,11-12,18-19H,7-10,13H2,1H3/t18-,19-/m0/s1. The Hall–Kier alpha value is -2.87. The Balaban J connectivity index is 1.35. The molecule has 0 N–H and O–H groups in total. The van der Waals surface area contributed by atoms with Crippen LogP contribution in [0.5, 0.6) is 0 Å². The fourth-order valence-corrected chi connectivity index (χ4v) is 3.79. The number of nitrogens with zero attached hydrogens (tertiary/aromatic N) is 4. The van der Waals surface area contributed by atoms with Crippen molar-refractivity contribution in [3.63, 3.8) is 0 Å². The van der Waals surface area contributed by atoms with Crippen molar-refractivity contribution < 1.29 is 4.79 Å². The van der Waals surface area contributed by atoms with Crippen LogP contribution in [0.2, 0.25) is 0 Å². The molecular weight excluding hydrogens is 324 g/mol. The normalized spacial score (nSPS) is 22.0. The maximum absolute atomic E-state index is 12.8. The minimum atomic E-state index is 0.142. The number of aryl methyl sites for hydroxylation is 1. The fourth-order valence-electron chi connectivity index (χ4n) is 3.79. The van der Waals surface area contributed by atoms with E-state index in [1.54, 1.807) is 12.3 Å². The molecule has 0 radical (unpaired) electrons. The van der Waals surface area contributed by atoms with Gasteiger partial charge in [-0.2, -0.15) is 5.26 Å². The molecule has 1 amide bonds.